The fourth-order valence-electron chi connectivity index (χ4n) is 4.31. The molecule has 0 saturated carbocycles. The monoisotopic (exact) mass is 363 g/mol. The van der Waals surface area contributed by atoms with E-state index in [2.05, 4.69) is 60.5 Å². The summed E-state index contributed by atoms with van der Waals surface area (Å²) in [4.78, 5) is 17.2. The van der Waals surface area contributed by atoms with Crippen LogP contribution < -0.4 is 10.2 Å². The Morgan fingerprint density at radius 2 is 1.89 bits per heavy atom. The van der Waals surface area contributed by atoms with E-state index in [1.165, 1.54) is 36.1 Å². The van der Waals surface area contributed by atoms with E-state index in [4.69, 9.17) is 0 Å². The molecule has 1 fully saturated rings. The average molecular weight is 364 g/mol. The largest absolute Gasteiger partial charge is 0.369 e. The summed E-state index contributed by atoms with van der Waals surface area (Å²) in [6.45, 7) is 6.97. The van der Waals surface area contributed by atoms with E-state index < -0.39 is 0 Å². The number of anilines is 2. The summed E-state index contributed by atoms with van der Waals surface area (Å²) in [5, 5.41) is 3.12. The van der Waals surface area contributed by atoms with Gasteiger partial charge in [0.15, 0.2) is 0 Å². The number of aryl methyl sites for hydroxylation is 1. The maximum absolute atomic E-state index is 12.8. The van der Waals surface area contributed by atoms with E-state index in [1.807, 2.05) is 11.0 Å². The Balaban J connectivity index is 1.44. The van der Waals surface area contributed by atoms with Crippen LogP contribution in [0.15, 0.2) is 42.5 Å². The van der Waals surface area contributed by atoms with Crippen LogP contribution in [0.2, 0.25) is 0 Å². The van der Waals surface area contributed by atoms with Crippen molar-refractivity contribution in [3.63, 3.8) is 0 Å². The fourth-order valence-corrected chi connectivity index (χ4v) is 4.31. The summed E-state index contributed by atoms with van der Waals surface area (Å²) in [6.07, 6.45) is 4.77. The third-order valence-electron chi connectivity index (χ3n) is 6.00. The summed E-state index contributed by atoms with van der Waals surface area (Å²) in [7, 11) is 0. The number of hydrogen-bond donors (Lipinski definition) is 1. The Kier molecular flexibility index (Phi) is 5.06. The van der Waals surface area contributed by atoms with Crippen LogP contribution in [0.3, 0.4) is 0 Å². The zero-order valence-electron chi connectivity index (χ0n) is 16.4. The molecule has 0 radical (unpaired) electrons. The highest BCUT2D eigenvalue weighted by Crippen LogP contribution is 2.28. The number of benzene rings is 2. The minimum Gasteiger partial charge on any atom is -0.369 e. The minimum absolute atomic E-state index is 0.00769. The molecule has 0 aliphatic carbocycles. The number of carbonyl (C=O) groups is 1. The van der Waals surface area contributed by atoms with Gasteiger partial charge in [0.2, 0.25) is 0 Å². The minimum atomic E-state index is -0.00769. The van der Waals surface area contributed by atoms with Gasteiger partial charge < -0.3 is 15.1 Å². The van der Waals surface area contributed by atoms with Crippen LogP contribution in [0.25, 0.3) is 0 Å². The first-order valence-electron chi connectivity index (χ1n) is 10.1. The summed E-state index contributed by atoms with van der Waals surface area (Å²) < 4.78 is 0. The predicted octanol–water partition coefficient (Wildman–Crippen LogP) is 4.96. The maximum Gasteiger partial charge on any atom is 0.322 e. The highest BCUT2D eigenvalue weighted by molar-refractivity contribution is 5.90. The molecule has 4 nitrogen and oxygen atoms in total. The molecule has 1 saturated heterocycles. The van der Waals surface area contributed by atoms with Gasteiger partial charge in [-0.2, -0.15) is 0 Å². The predicted molar refractivity (Wildman–Crippen MR) is 111 cm³/mol. The van der Waals surface area contributed by atoms with Gasteiger partial charge in [0.1, 0.15) is 0 Å². The summed E-state index contributed by atoms with van der Waals surface area (Å²) in [5.74, 6) is 0. The van der Waals surface area contributed by atoms with E-state index >= 15 is 0 Å². The zero-order chi connectivity index (χ0) is 18.8. The number of nitrogens with one attached hydrogen (secondary N) is 1. The standard InChI is InChI=1S/C23H29N3O/c1-17-15-21(26-13-6-5-7-18(26)2)10-11-22(17)24-23(27)25-14-12-19-8-3-4-9-20(19)16-25/h3-4,8-11,15,18H,5-7,12-14,16H2,1-2H3,(H,24,27). The molecule has 142 valence electrons. The van der Waals surface area contributed by atoms with Gasteiger partial charge in [0, 0.05) is 37.1 Å². The van der Waals surface area contributed by atoms with Crippen LogP contribution in [0, 0.1) is 6.92 Å². The molecule has 4 heteroatoms. The lowest BCUT2D eigenvalue weighted by Gasteiger charge is -2.36. The Bertz CT molecular complexity index is 832. The lowest BCUT2D eigenvalue weighted by Crippen LogP contribution is -2.39. The van der Waals surface area contributed by atoms with Crippen molar-refractivity contribution in [3.05, 3.63) is 59.2 Å². The molecule has 1 N–H and O–H groups in total. The molecule has 4 rings (SSSR count). The molecule has 2 heterocycles. The van der Waals surface area contributed by atoms with Crippen molar-refractivity contribution >= 4 is 17.4 Å². The normalized spacial score (nSPS) is 19.6. The van der Waals surface area contributed by atoms with Crippen LogP contribution in [0.5, 0.6) is 0 Å². The molecule has 2 aromatic carbocycles. The third kappa shape index (κ3) is 3.80. The van der Waals surface area contributed by atoms with Gasteiger partial charge >= 0.3 is 6.03 Å². The van der Waals surface area contributed by atoms with Crippen molar-refractivity contribution < 1.29 is 4.79 Å². The number of hydrogen-bond acceptors (Lipinski definition) is 2. The first kappa shape index (κ1) is 17.9. The van der Waals surface area contributed by atoms with Gasteiger partial charge in [-0.1, -0.05) is 24.3 Å². The van der Waals surface area contributed by atoms with Crippen LogP contribution >= 0.6 is 0 Å². The number of carbonyl (C=O) groups excluding carboxylic acids is 1. The van der Waals surface area contributed by atoms with Crippen molar-refractivity contribution in [3.8, 4) is 0 Å². The topological polar surface area (TPSA) is 35.6 Å². The first-order chi connectivity index (χ1) is 13.1. The summed E-state index contributed by atoms with van der Waals surface area (Å²) in [6, 6.07) is 15.4. The van der Waals surface area contributed by atoms with E-state index in [9.17, 15) is 4.79 Å². The molecule has 27 heavy (non-hydrogen) atoms. The summed E-state index contributed by atoms with van der Waals surface area (Å²) in [5.41, 5.74) is 5.91. The number of urea groups is 1. The highest BCUT2D eigenvalue weighted by atomic mass is 16.2. The molecule has 2 aromatic rings. The number of fused-ring (bicyclic) bond motifs is 1. The van der Waals surface area contributed by atoms with Crippen molar-refractivity contribution in [2.24, 2.45) is 0 Å². The lowest BCUT2D eigenvalue weighted by atomic mass is 10.0. The molecule has 1 atom stereocenters. The Morgan fingerprint density at radius 3 is 2.67 bits per heavy atom. The highest BCUT2D eigenvalue weighted by Gasteiger charge is 2.22. The van der Waals surface area contributed by atoms with Crippen molar-refractivity contribution in [1.29, 1.82) is 0 Å². The lowest BCUT2D eigenvalue weighted by molar-refractivity contribution is 0.206. The quantitative estimate of drug-likeness (QED) is 0.818. The number of rotatable bonds is 2. The molecule has 2 aliphatic heterocycles. The SMILES string of the molecule is Cc1cc(N2CCCCC2C)ccc1NC(=O)N1CCc2ccccc2C1. The molecule has 0 bridgehead atoms. The van der Waals surface area contributed by atoms with E-state index in [1.54, 1.807) is 0 Å². The van der Waals surface area contributed by atoms with E-state index in [0.717, 1.165) is 30.8 Å². The molecular formula is C23H29N3O. The van der Waals surface area contributed by atoms with Crippen molar-refractivity contribution in [2.45, 2.75) is 52.1 Å². The van der Waals surface area contributed by atoms with E-state index in [0.29, 0.717) is 12.6 Å². The number of nitrogens with zero attached hydrogens (tertiary/aromatic N) is 2. The number of amides is 2. The first-order valence-corrected chi connectivity index (χ1v) is 10.1. The molecular weight excluding hydrogens is 334 g/mol. The van der Waals surface area contributed by atoms with Crippen molar-refractivity contribution in [1.82, 2.24) is 4.90 Å². The second kappa shape index (κ2) is 7.63. The van der Waals surface area contributed by atoms with Gasteiger partial charge in [-0.3, -0.25) is 0 Å². The van der Waals surface area contributed by atoms with E-state index in [-0.39, 0.29) is 6.03 Å². The Morgan fingerprint density at radius 1 is 1.07 bits per heavy atom. The third-order valence-corrected chi connectivity index (χ3v) is 6.00. The second-order valence-corrected chi connectivity index (χ2v) is 7.91. The Hall–Kier alpha value is -2.49. The van der Waals surface area contributed by atoms with Gasteiger partial charge in [0.05, 0.1) is 0 Å². The van der Waals surface area contributed by atoms with Gasteiger partial charge in [0.25, 0.3) is 0 Å². The second-order valence-electron chi connectivity index (χ2n) is 7.91. The van der Waals surface area contributed by atoms with Gasteiger partial charge in [-0.15, -0.1) is 0 Å². The molecule has 0 spiro atoms. The van der Waals surface area contributed by atoms with Crippen LogP contribution in [0.1, 0.15) is 42.9 Å². The van der Waals surface area contributed by atoms with Crippen LogP contribution in [-0.2, 0) is 13.0 Å². The fraction of sp³-hybridized carbons (Fsp3) is 0.435. The number of piperidine rings is 1. The van der Waals surface area contributed by atoms with Crippen LogP contribution in [-0.4, -0.2) is 30.1 Å². The summed E-state index contributed by atoms with van der Waals surface area (Å²) >= 11 is 0. The molecule has 2 aliphatic rings. The van der Waals surface area contributed by atoms with Crippen molar-refractivity contribution in [2.75, 3.05) is 23.3 Å². The maximum atomic E-state index is 12.8. The smallest absolute Gasteiger partial charge is 0.322 e. The molecule has 0 aromatic heterocycles. The Labute approximate surface area is 162 Å². The molecule has 1 unspecified atom stereocenters. The van der Waals surface area contributed by atoms with Gasteiger partial charge in [-0.05, 0) is 74.4 Å². The van der Waals surface area contributed by atoms with Crippen LogP contribution in [0.4, 0.5) is 16.2 Å². The zero-order valence-corrected chi connectivity index (χ0v) is 16.4. The molecule has 2 amide bonds. The average Bonchev–Trinajstić information content (AvgIpc) is 2.69. The van der Waals surface area contributed by atoms with Gasteiger partial charge in [-0.25, -0.2) is 4.79 Å².